The van der Waals surface area contributed by atoms with Gasteiger partial charge in [-0.05, 0) is 43.5 Å². The molecule has 0 aliphatic carbocycles. The van der Waals surface area contributed by atoms with Gasteiger partial charge in [0.25, 0.3) is 5.91 Å². The van der Waals surface area contributed by atoms with E-state index < -0.39 is 0 Å². The zero-order valence-electron chi connectivity index (χ0n) is 14.7. The van der Waals surface area contributed by atoms with E-state index >= 15 is 0 Å². The van der Waals surface area contributed by atoms with Gasteiger partial charge in [-0.25, -0.2) is 5.43 Å². The van der Waals surface area contributed by atoms with Gasteiger partial charge < -0.3 is 14.6 Å². The smallest absolute Gasteiger partial charge is 0.271 e. The first-order valence-corrected chi connectivity index (χ1v) is 8.68. The molecular formula is C19H22N4O3. The Morgan fingerprint density at radius 1 is 1.15 bits per heavy atom. The summed E-state index contributed by atoms with van der Waals surface area (Å²) in [6, 6.07) is 10.4. The molecule has 0 unspecified atom stereocenters. The molecule has 7 nitrogen and oxygen atoms in total. The number of carbonyl (C=O) groups excluding carboxylic acids is 2. The van der Waals surface area contributed by atoms with E-state index in [0.29, 0.717) is 17.0 Å². The molecule has 7 heteroatoms. The van der Waals surface area contributed by atoms with Crippen molar-refractivity contribution < 1.29 is 14.0 Å². The Hall–Kier alpha value is -3.09. The third-order valence-corrected chi connectivity index (χ3v) is 4.08. The summed E-state index contributed by atoms with van der Waals surface area (Å²) in [5, 5.41) is 6.58. The number of furan rings is 1. The molecule has 2 heterocycles. The van der Waals surface area contributed by atoms with Crippen molar-refractivity contribution in [2.75, 3.05) is 23.3 Å². The quantitative estimate of drug-likeness (QED) is 0.638. The summed E-state index contributed by atoms with van der Waals surface area (Å²) >= 11 is 0. The van der Waals surface area contributed by atoms with Crippen LogP contribution in [0.15, 0.2) is 45.9 Å². The molecule has 0 spiro atoms. The molecule has 1 saturated heterocycles. The highest BCUT2D eigenvalue weighted by molar-refractivity contribution is 5.97. The number of nitrogens with one attached hydrogen (secondary N) is 2. The molecule has 26 heavy (non-hydrogen) atoms. The summed E-state index contributed by atoms with van der Waals surface area (Å²) in [6.45, 7) is 3.43. The molecule has 1 aromatic heterocycles. The molecule has 0 bridgehead atoms. The van der Waals surface area contributed by atoms with Crippen molar-refractivity contribution in [2.45, 2.75) is 26.2 Å². The van der Waals surface area contributed by atoms with Gasteiger partial charge in [-0.3, -0.25) is 9.59 Å². The van der Waals surface area contributed by atoms with Crippen LogP contribution in [0.2, 0.25) is 0 Å². The number of hydrazone groups is 1. The Morgan fingerprint density at radius 2 is 1.96 bits per heavy atom. The van der Waals surface area contributed by atoms with Crippen molar-refractivity contribution in [2.24, 2.45) is 5.10 Å². The van der Waals surface area contributed by atoms with Gasteiger partial charge in [0.15, 0.2) is 5.88 Å². The fourth-order valence-corrected chi connectivity index (χ4v) is 2.86. The lowest BCUT2D eigenvalue weighted by atomic mass is 10.1. The van der Waals surface area contributed by atoms with E-state index in [1.165, 1.54) is 32.4 Å². The van der Waals surface area contributed by atoms with Crippen molar-refractivity contribution in [3.63, 3.8) is 0 Å². The largest absolute Gasteiger partial charge is 0.440 e. The van der Waals surface area contributed by atoms with E-state index in [2.05, 4.69) is 20.7 Å². The molecule has 3 rings (SSSR count). The third kappa shape index (κ3) is 4.72. The molecule has 2 aromatic rings. The van der Waals surface area contributed by atoms with Crippen molar-refractivity contribution in [3.8, 4) is 0 Å². The van der Waals surface area contributed by atoms with Gasteiger partial charge in [0.2, 0.25) is 5.91 Å². The maximum atomic E-state index is 12.1. The molecule has 2 amide bonds. The van der Waals surface area contributed by atoms with Crippen LogP contribution >= 0.6 is 0 Å². The zero-order chi connectivity index (χ0) is 18.4. The van der Waals surface area contributed by atoms with E-state index in [4.69, 9.17) is 4.42 Å². The summed E-state index contributed by atoms with van der Waals surface area (Å²) in [7, 11) is 0. The third-order valence-electron chi connectivity index (χ3n) is 4.08. The lowest BCUT2D eigenvalue weighted by molar-refractivity contribution is -0.114. The molecule has 2 N–H and O–H groups in total. The van der Waals surface area contributed by atoms with Crippen molar-refractivity contribution in [1.29, 1.82) is 0 Å². The van der Waals surface area contributed by atoms with E-state index in [1.54, 1.807) is 24.3 Å². The molecule has 0 atom stereocenters. The Kier molecular flexibility index (Phi) is 5.68. The lowest BCUT2D eigenvalue weighted by Gasteiger charge is -2.25. The van der Waals surface area contributed by atoms with Gasteiger partial charge in [-0.2, -0.15) is 5.10 Å². The Labute approximate surface area is 152 Å². The number of carbonyl (C=O) groups is 2. The van der Waals surface area contributed by atoms with Crippen LogP contribution in [0.5, 0.6) is 0 Å². The number of rotatable bonds is 5. The predicted octanol–water partition coefficient (Wildman–Crippen LogP) is 2.99. The molecule has 1 fully saturated rings. The SMILES string of the molecule is CC(=O)Nc1cccc(C(=O)N/N=C\c2ccc(N3CCCCC3)o2)c1. The van der Waals surface area contributed by atoms with E-state index in [-0.39, 0.29) is 11.8 Å². The molecule has 0 radical (unpaired) electrons. The first-order valence-electron chi connectivity index (χ1n) is 8.68. The van der Waals surface area contributed by atoms with E-state index in [9.17, 15) is 9.59 Å². The minimum absolute atomic E-state index is 0.192. The average molecular weight is 354 g/mol. The first-order chi connectivity index (χ1) is 12.6. The van der Waals surface area contributed by atoms with E-state index in [0.717, 1.165) is 19.0 Å². The molecule has 1 aliphatic rings. The number of anilines is 2. The maximum absolute atomic E-state index is 12.1. The number of nitrogens with zero attached hydrogens (tertiary/aromatic N) is 2. The number of hydrogen-bond donors (Lipinski definition) is 2. The molecule has 1 aliphatic heterocycles. The fraction of sp³-hybridized carbons (Fsp3) is 0.316. The number of amides is 2. The maximum Gasteiger partial charge on any atom is 0.271 e. The highest BCUT2D eigenvalue weighted by Gasteiger charge is 2.13. The monoisotopic (exact) mass is 354 g/mol. The highest BCUT2D eigenvalue weighted by atomic mass is 16.4. The summed E-state index contributed by atoms with van der Waals surface area (Å²) in [5.41, 5.74) is 3.43. The van der Waals surface area contributed by atoms with Gasteiger partial charge in [-0.15, -0.1) is 0 Å². The minimum atomic E-state index is -0.365. The highest BCUT2D eigenvalue weighted by Crippen LogP contribution is 2.21. The van der Waals surface area contributed by atoms with Crippen LogP contribution in [-0.2, 0) is 4.79 Å². The van der Waals surface area contributed by atoms with Gasteiger partial charge in [0, 0.05) is 37.3 Å². The molecule has 0 saturated carbocycles. The van der Waals surface area contributed by atoms with Gasteiger partial charge in [0.1, 0.15) is 5.76 Å². The standard InChI is InChI=1S/C19H22N4O3/c1-14(24)21-16-7-5-6-15(12-16)19(25)22-20-13-17-8-9-18(26-17)23-10-3-2-4-11-23/h5-9,12-13H,2-4,10-11H2,1H3,(H,21,24)(H,22,25)/b20-13-. The van der Waals surface area contributed by atoms with Crippen LogP contribution in [0.1, 0.15) is 42.3 Å². The summed E-state index contributed by atoms with van der Waals surface area (Å²) in [5.74, 6) is 0.859. The van der Waals surface area contributed by atoms with Crippen LogP contribution in [0.4, 0.5) is 11.6 Å². The summed E-state index contributed by atoms with van der Waals surface area (Å²) in [6.07, 6.45) is 5.10. The second-order valence-electron chi connectivity index (χ2n) is 6.18. The second-order valence-corrected chi connectivity index (χ2v) is 6.18. The minimum Gasteiger partial charge on any atom is -0.440 e. The normalized spacial score (nSPS) is 14.4. The van der Waals surface area contributed by atoms with Gasteiger partial charge >= 0.3 is 0 Å². The van der Waals surface area contributed by atoms with Crippen LogP contribution in [-0.4, -0.2) is 31.1 Å². The topological polar surface area (TPSA) is 86.9 Å². The van der Waals surface area contributed by atoms with Gasteiger partial charge in [-0.1, -0.05) is 6.07 Å². The van der Waals surface area contributed by atoms with Crippen molar-refractivity contribution >= 4 is 29.6 Å². The number of hydrogen-bond acceptors (Lipinski definition) is 5. The number of piperidine rings is 1. The van der Waals surface area contributed by atoms with Crippen LogP contribution in [0.25, 0.3) is 0 Å². The van der Waals surface area contributed by atoms with Crippen LogP contribution in [0.3, 0.4) is 0 Å². The zero-order valence-corrected chi connectivity index (χ0v) is 14.7. The molecule has 136 valence electrons. The molecule has 1 aromatic carbocycles. The van der Waals surface area contributed by atoms with Crippen LogP contribution in [0, 0.1) is 0 Å². The fourth-order valence-electron chi connectivity index (χ4n) is 2.86. The Morgan fingerprint density at radius 3 is 2.73 bits per heavy atom. The summed E-state index contributed by atoms with van der Waals surface area (Å²) < 4.78 is 5.75. The second kappa shape index (κ2) is 8.33. The van der Waals surface area contributed by atoms with Crippen molar-refractivity contribution in [1.82, 2.24) is 5.43 Å². The van der Waals surface area contributed by atoms with E-state index in [1.807, 2.05) is 12.1 Å². The summed E-state index contributed by atoms with van der Waals surface area (Å²) in [4.78, 5) is 25.5. The van der Waals surface area contributed by atoms with Crippen LogP contribution < -0.4 is 15.6 Å². The first kappa shape index (κ1) is 17.7. The predicted molar refractivity (Wildman–Crippen MR) is 101 cm³/mol. The Bertz CT molecular complexity index is 807. The average Bonchev–Trinajstić information content (AvgIpc) is 3.11. The molecular weight excluding hydrogens is 332 g/mol. The van der Waals surface area contributed by atoms with Gasteiger partial charge in [0.05, 0.1) is 6.21 Å². The van der Waals surface area contributed by atoms with Crippen molar-refractivity contribution in [3.05, 3.63) is 47.7 Å². The lowest BCUT2D eigenvalue weighted by Crippen LogP contribution is -2.28. The Balaban J connectivity index is 1.57. The number of benzene rings is 1.